The van der Waals surface area contributed by atoms with E-state index < -0.39 is 0 Å². The van der Waals surface area contributed by atoms with Crippen LogP contribution in [-0.2, 0) is 17.8 Å². The molecule has 1 N–H and O–H groups in total. The highest BCUT2D eigenvalue weighted by atomic mass is 16.5. The topological polar surface area (TPSA) is 56.2 Å². The molecule has 166 valence electrons. The molecule has 2 aromatic carbocycles. The minimum atomic E-state index is 0.0982. The molecule has 0 aliphatic rings. The lowest BCUT2D eigenvalue weighted by Crippen LogP contribution is -2.32. The van der Waals surface area contributed by atoms with Crippen molar-refractivity contribution in [2.45, 2.75) is 59.9 Å². The summed E-state index contributed by atoms with van der Waals surface area (Å²) in [6.07, 6.45) is 3.36. The molecule has 0 bridgehead atoms. The summed E-state index contributed by atoms with van der Waals surface area (Å²) in [7, 11) is 0. The number of amides is 1. The lowest BCUT2D eigenvalue weighted by Gasteiger charge is -2.14. The molecule has 0 saturated heterocycles. The number of hydrogen-bond acceptors (Lipinski definition) is 3. The second kappa shape index (κ2) is 11.0. The van der Waals surface area contributed by atoms with Crippen molar-refractivity contribution in [2.24, 2.45) is 5.92 Å². The Hall–Kier alpha value is -2.82. The first kappa shape index (κ1) is 22.9. The van der Waals surface area contributed by atoms with Gasteiger partial charge in [-0.15, -0.1) is 0 Å². The van der Waals surface area contributed by atoms with E-state index in [1.165, 1.54) is 11.1 Å². The molecule has 1 amide bonds. The van der Waals surface area contributed by atoms with Crippen molar-refractivity contribution in [2.75, 3.05) is 13.2 Å². The number of rotatable bonds is 11. The normalized spacial score (nSPS) is 11.3. The SMILES string of the molecule is CCC(CC)C(=O)NCCc1nc2ccccc2n1CCCOc1cccc(C)c1C. The lowest BCUT2D eigenvalue weighted by molar-refractivity contribution is -0.125. The van der Waals surface area contributed by atoms with Crippen LogP contribution in [0.4, 0.5) is 0 Å². The number of fused-ring (bicyclic) bond motifs is 1. The Morgan fingerprint density at radius 3 is 2.65 bits per heavy atom. The van der Waals surface area contributed by atoms with Gasteiger partial charge in [0.15, 0.2) is 0 Å². The highest BCUT2D eigenvalue weighted by molar-refractivity contribution is 5.78. The standard InChI is InChI=1S/C26H35N3O2/c1-5-21(6-2)26(30)27-16-15-25-28-22-12-7-8-13-23(22)29(25)17-10-18-31-24-14-9-11-19(3)20(24)4/h7-9,11-14,21H,5-6,10,15-18H2,1-4H3,(H,27,30). The first-order valence-corrected chi connectivity index (χ1v) is 11.5. The number of aromatic nitrogens is 2. The first-order chi connectivity index (χ1) is 15.0. The maximum Gasteiger partial charge on any atom is 0.223 e. The van der Waals surface area contributed by atoms with Crippen LogP contribution >= 0.6 is 0 Å². The molecule has 0 aliphatic carbocycles. The Morgan fingerprint density at radius 2 is 1.87 bits per heavy atom. The summed E-state index contributed by atoms with van der Waals surface area (Å²) < 4.78 is 8.31. The number of nitrogens with one attached hydrogen (secondary N) is 1. The maximum atomic E-state index is 12.3. The van der Waals surface area contributed by atoms with Gasteiger partial charge in [-0.1, -0.05) is 38.1 Å². The number of carbonyl (C=O) groups excluding carboxylic acids is 1. The Morgan fingerprint density at radius 1 is 1.10 bits per heavy atom. The largest absolute Gasteiger partial charge is 0.493 e. The zero-order valence-corrected chi connectivity index (χ0v) is 19.3. The summed E-state index contributed by atoms with van der Waals surface area (Å²) in [5.41, 5.74) is 4.58. The monoisotopic (exact) mass is 421 g/mol. The van der Waals surface area contributed by atoms with E-state index in [0.717, 1.165) is 54.8 Å². The molecule has 0 radical (unpaired) electrons. The van der Waals surface area contributed by atoms with Crippen molar-refractivity contribution in [1.29, 1.82) is 0 Å². The number of aryl methyl sites for hydroxylation is 2. The van der Waals surface area contributed by atoms with Gasteiger partial charge in [0.05, 0.1) is 17.6 Å². The molecule has 0 saturated carbocycles. The second-order valence-electron chi connectivity index (χ2n) is 8.12. The van der Waals surface area contributed by atoms with Crippen molar-refractivity contribution in [1.82, 2.24) is 14.9 Å². The molecular weight excluding hydrogens is 386 g/mol. The molecular formula is C26H35N3O2. The summed E-state index contributed by atoms with van der Waals surface area (Å²) >= 11 is 0. The number of hydrogen-bond donors (Lipinski definition) is 1. The average molecular weight is 422 g/mol. The Bertz CT molecular complexity index is 1010. The van der Waals surface area contributed by atoms with Gasteiger partial charge in [-0.25, -0.2) is 4.98 Å². The van der Waals surface area contributed by atoms with E-state index in [1.807, 2.05) is 30.3 Å². The third kappa shape index (κ3) is 5.66. The molecule has 5 heteroatoms. The van der Waals surface area contributed by atoms with E-state index in [4.69, 9.17) is 9.72 Å². The highest BCUT2D eigenvalue weighted by Crippen LogP contribution is 2.21. The van der Waals surface area contributed by atoms with Gasteiger partial charge < -0.3 is 14.6 Å². The van der Waals surface area contributed by atoms with Gasteiger partial charge in [0.1, 0.15) is 11.6 Å². The molecule has 5 nitrogen and oxygen atoms in total. The van der Waals surface area contributed by atoms with Gasteiger partial charge in [-0.2, -0.15) is 0 Å². The maximum absolute atomic E-state index is 12.3. The molecule has 0 spiro atoms. The second-order valence-corrected chi connectivity index (χ2v) is 8.12. The van der Waals surface area contributed by atoms with Crippen LogP contribution in [0.5, 0.6) is 5.75 Å². The zero-order valence-electron chi connectivity index (χ0n) is 19.3. The summed E-state index contributed by atoms with van der Waals surface area (Å²) in [6, 6.07) is 14.4. The predicted octanol–water partition coefficient (Wildman–Crippen LogP) is 5.22. The number of ether oxygens (including phenoxy) is 1. The first-order valence-electron chi connectivity index (χ1n) is 11.5. The van der Waals surface area contributed by atoms with E-state index in [2.05, 4.69) is 49.7 Å². The molecule has 0 atom stereocenters. The molecule has 1 aromatic heterocycles. The highest BCUT2D eigenvalue weighted by Gasteiger charge is 2.15. The van der Waals surface area contributed by atoms with Crippen molar-refractivity contribution in [3.63, 3.8) is 0 Å². The third-order valence-corrected chi connectivity index (χ3v) is 6.08. The van der Waals surface area contributed by atoms with Crippen LogP contribution in [0.2, 0.25) is 0 Å². The summed E-state index contributed by atoms with van der Waals surface area (Å²) in [5.74, 6) is 2.22. The average Bonchev–Trinajstić information content (AvgIpc) is 3.12. The van der Waals surface area contributed by atoms with E-state index in [1.54, 1.807) is 0 Å². The van der Waals surface area contributed by atoms with Crippen LogP contribution < -0.4 is 10.1 Å². The Labute approximate surface area is 185 Å². The fourth-order valence-corrected chi connectivity index (χ4v) is 3.95. The smallest absolute Gasteiger partial charge is 0.223 e. The van der Waals surface area contributed by atoms with Crippen LogP contribution in [0, 0.1) is 19.8 Å². The molecule has 0 fully saturated rings. The third-order valence-electron chi connectivity index (χ3n) is 6.08. The number of carbonyl (C=O) groups is 1. The molecule has 0 aliphatic heterocycles. The zero-order chi connectivity index (χ0) is 22.2. The van der Waals surface area contributed by atoms with Crippen LogP contribution in [0.25, 0.3) is 11.0 Å². The van der Waals surface area contributed by atoms with Gasteiger partial charge in [0, 0.05) is 25.4 Å². The van der Waals surface area contributed by atoms with Gasteiger partial charge in [-0.3, -0.25) is 4.79 Å². The fraction of sp³-hybridized carbons (Fsp3) is 0.462. The number of para-hydroxylation sites is 2. The van der Waals surface area contributed by atoms with E-state index in [9.17, 15) is 4.79 Å². The molecule has 3 rings (SSSR count). The van der Waals surface area contributed by atoms with Crippen molar-refractivity contribution in [3.8, 4) is 5.75 Å². The molecule has 3 aromatic rings. The van der Waals surface area contributed by atoms with Crippen LogP contribution in [0.15, 0.2) is 42.5 Å². The molecule has 0 unspecified atom stereocenters. The van der Waals surface area contributed by atoms with E-state index in [0.29, 0.717) is 13.2 Å². The summed E-state index contributed by atoms with van der Waals surface area (Å²) in [5, 5.41) is 3.09. The number of imidazole rings is 1. The summed E-state index contributed by atoms with van der Waals surface area (Å²) in [6.45, 7) is 10.4. The molecule has 1 heterocycles. The minimum absolute atomic E-state index is 0.0982. The van der Waals surface area contributed by atoms with Gasteiger partial charge >= 0.3 is 0 Å². The number of benzene rings is 2. The fourth-order valence-electron chi connectivity index (χ4n) is 3.95. The predicted molar refractivity (Wildman–Crippen MR) is 127 cm³/mol. The van der Waals surface area contributed by atoms with Crippen molar-refractivity contribution >= 4 is 16.9 Å². The summed E-state index contributed by atoms with van der Waals surface area (Å²) in [4.78, 5) is 17.1. The molecule has 31 heavy (non-hydrogen) atoms. The van der Waals surface area contributed by atoms with Gasteiger partial charge in [-0.05, 0) is 62.4 Å². The van der Waals surface area contributed by atoms with Crippen LogP contribution in [0.3, 0.4) is 0 Å². The Kier molecular flexibility index (Phi) is 8.10. The van der Waals surface area contributed by atoms with Crippen molar-refractivity contribution < 1.29 is 9.53 Å². The number of nitrogens with zero attached hydrogens (tertiary/aromatic N) is 2. The van der Waals surface area contributed by atoms with Gasteiger partial charge in [0.25, 0.3) is 0 Å². The van der Waals surface area contributed by atoms with Crippen LogP contribution in [0.1, 0.15) is 50.1 Å². The minimum Gasteiger partial charge on any atom is -0.493 e. The Balaban J connectivity index is 1.62. The van der Waals surface area contributed by atoms with E-state index in [-0.39, 0.29) is 11.8 Å². The van der Waals surface area contributed by atoms with Gasteiger partial charge in [0.2, 0.25) is 5.91 Å². The lowest BCUT2D eigenvalue weighted by atomic mass is 10.0. The van der Waals surface area contributed by atoms with Crippen LogP contribution in [-0.4, -0.2) is 28.6 Å². The van der Waals surface area contributed by atoms with E-state index >= 15 is 0 Å². The van der Waals surface area contributed by atoms with Crippen molar-refractivity contribution in [3.05, 3.63) is 59.4 Å². The quantitative estimate of drug-likeness (QED) is 0.432.